The fraction of sp³-hybridized carbons (Fsp3) is 0.480. The largest absolute Gasteiger partial charge is 0.493 e. The molecule has 0 saturated heterocycles. The summed E-state index contributed by atoms with van der Waals surface area (Å²) in [4.78, 5) is 9.26. The molecule has 1 aromatic carbocycles. The van der Waals surface area contributed by atoms with Crippen molar-refractivity contribution in [3.8, 4) is 28.6 Å². The van der Waals surface area contributed by atoms with Crippen LogP contribution in [0.3, 0.4) is 0 Å². The van der Waals surface area contributed by atoms with E-state index in [2.05, 4.69) is 35.9 Å². The minimum absolute atomic E-state index is 0.117. The highest BCUT2D eigenvalue weighted by Crippen LogP contribution is 2.31. The third kappa shape index (κ3) is 5.72. The Morgan fingerprint density at radius 2 is 1.75 bits per heavy atom. The number of hydrogen-bond donors (Lipinski definition) is 2. The molecule has 3 rings (SSSR count). The molecule has 0 fully saturated rings. The van der Waals surface area contributed by atoms with Gasteiger partial charge in [0.1, 0.15) is 5.75 Å². The summed E-state index contributed by atoms with van der Waals surface area (Å²) in [5.74, 6) is 1.97. The smallest absolute Gasteiger partial charge is 0.258 e. The van der Waals surface area contributed by atoms with E-state index in [1.165, 1.54) is 0 Å². The Kier molecular flexibility index (Phi) is 7.99. The molecule has 0 radical (unpaired) electrons. The molecule has 32 heavy (non-hydrogen) atoms. The fourth-order valence-electron chi connectivity index (χ4n) is 3.65. The van der Waals surface area contributed by atoms with Crippen LogP contribution >= 0.6 is 0 Å². The van der Waals surface area contributed by atoms with Gasteiger partial charge in [0, 0.05) is 28.4 Å². The van der Waals surface area contributed by atoms with Crippen LogP contribution in [-0.4, -0.2) is 45.2 Å². The molecule has 2 aromatic heterocycles. The molecule has 3 aromatic rings. The number of hydrogen-bond acceptors (Lipinski definition) is 7. The number of pyridine rings is 1. The second kappa shape index (κ2) is 10.7. The van der Waals surface area contributed by atoms with Gasteiger partial charge in [-0.1, -0.05) is 25.9 Å². The SMILES string of the molecule is CCc1cc(-c2noc(-c3cc(C)nc(CC(C)C)c3)n2)cc(C)c1OCC(CO)CO. The lowest BCUT2D eigenvalue weighted by molar-refractivity contribution is 0.105. The van der Waals surface area contributed by atoms with Crippen LogP contribution in [0.5, 0.6) is 5.75 Å². The number of benzene rings is 1. The molecule has 0 aliphatic heterocycles. The first-order valence-electron chi connectivity index (χ1n) is 11.1. The molecule has 7 nitrogen and oxygen atoms in total. The normalized spacial score (nSPS) is 11.5. The van der Waals surface area contributed by atoms with Crippen LogP contribution in [0.4, 0.5) is 0 Å². The van der Waals surface area contributed by atoms with E-state index in [0.29, 0.717) is 17.6 Å². The number of nitrogens with zero attached hydrogens (tertiary/aromatic N) is 3. The van der Waals surface area contributed by atoms with Crippen molar-refractivity contribution in [3.05, 3.63) is 46.8 Å². The van der Waals surface area contributed by atoms with E-state index in [0.717, 1.165) is 52.2 Å². The van der Waals surface area contributed by atoms with Crippen molar-refractivity contribution in [2.24, 2.45) is 11.8 Å². The fourth-order valence-corrected chi connectivity index (χ4v) is 3.65. The molecule has 0 spiro atoms. The van der Waals surface area contributed by atoms with E-state index in [9.17, 15) is 10.2 Å². The van der Waals surface area contributed by atoms with Crippen molar-refractivity contribution in [2.45, 2.75) is 47.5 Å². The van der Waals surface area contributed by atoms with Gasteiger partial charge in [-0.2, -0.15) is 4.98 Å². The molecule has 7 heteroatoms. The Balaban J connectivity index is 1.89. The third-order valence-electron chi connectivity index (χ3n) is 5.27. The number of aliphatic hydroxyl groups is 2. The molecule has 0 aliphatic rings. The summed E-state index contributed by atoms with van der Waals surface area (Å²) in [6.07, 6.45) is 1.66. The van der Waals surface area contributed by atoms with E-state index < -0.39 is 0 Å². The molecule has 0 aliphatic carbocycles. The van der Waals surface area contributed by atoms with Crippen molar-refractivity contribution in [1.82, 2.24) is 15.1 Å². The maximum absolute atomic E-state index is 9.30. The van der Waals surface area contributed by atoms with E-state index >= 15 is 0 Å². The standard InChI is InChI=1S/C25H33N3O4/c1-6-19-10-20(8-16(4)23(19)31-14-18(12-29)13-30)24-27-25(32-28-24)21-9-17(5)26-22(11-21)7-15(2)3/h8-11,15,18,29-30H,6-7,12-14H2,1-5H3. The first-order valence-corrected chi connectivity index (χ1v) is 11.1. The van der Waals surface area contributed by atoms with Gasteiger partial charge in [0.05, 0.1) is 19.8 Å². The van der Waals surface area contributed by atoms with Crippen molar-refractivity contribution < 1.29 is 19.5 Å². The second-order valence-electron chi connectivity index (χ2n) is 8.69. The number of ether oxygens (including phenoxy) is 1. The summed E-state index contributed by atoms with van der Waals surface area (Å²) < 4.78 is 11.5. The molecular formula is C25H33N3O4. The Labute approximate surface area is 189 Å². The van der Waals surface area contributed by atoms with Crippen LogP contribution < -0.4 is 4.74 Å². The molecule has 0 amide bonds. The van der Waals surface area contributed by atoms with Crippen LogP contribution in [0.25, 0.3) is 22.8 Å². The predicted molar refractivity (Wildman–Crippen MR) is 124 cm³/mol. The Bertz CT molecular complexity index is 1040. The van der Waals surface area contributed by atoms with Crippen LogP contribution in [0.15, 0.2) is 28.8 Å². The van der Waals surface area contributed by atoms with Crippen LogP contribution in [-0.2, 0) is 12.8 Å². The summed E-state index contributed by atoms with van der Waals surface area (Å²) in [6.45, 7) is 10.4. The lowest BCUT2D eigenvalue weighted by Crippen LogP contribution is -2.20. The van der Waals surface area contributed by atoms with Gasteiger partial charge in [-0.05, 0) is 68.0 Å². The second-order valence-corrected chi connectivity index (χ2v) is 8.69. The number of aliphatic hydroxyl groups excluding tert-OH is 2. The molecule has 2 N–H and O–H groups in total. The molecule has 0 atom stereocenters. The van der Waals surface area contributed by atoms with Gasteiger partial charge >= 0.3 is 0 Å². The number of aryl methyl sites for hydroxylation is 3. The van der Waals surface area contributed by atoms with Crippen LogP contribution in [0, 0.1) is 25.7 Å². The average Bonchev–Trinajstić information content (AvgIpc) is 3.24. The number of rotatable bonds is 10. The van der Waals surface area contributed by atoms with Gasteiger partial charge in [-0.15, -0.1) is 0 Å². The molecular weight excluding hydrogens is 406 g/mol. The topological polar surface area (TPSA) is 102 Å². The molecule has 0 saturated carbocycles. The minimum Gasteiger partial charge on any atom is -0.493 e. The zero-order chi connectivity index (χ0) is 23.3. The summed E-state index contributed by atoms with van der Waals surface area (Å²) in [7, 11) is 0. The Morgan fingerprint density at radius 3 is 2.41 bits per heavy atom. The van der Waals surface area contributed by atoms with Crippen molar-refractivity contribution >= 4 is 0 Å². The summed E-state index contributed by atoms with van der Waals surface area (Å²) in [5, 5.41) is 22.8. The van der Waals surface area contributed by atoms with Crippen LogP contribution in [0.1, 0.15) is 43.3 Å². The van der Waals surface area contributed by atoms with Crippen molar-refractivity contribution in [3.63, 3.8) is 0 Å². The zero-order valence-corrected chi connectivity index (χ0v) is 19.6. The van der Waals surface area contributed by atoms with Gasteiger partial charge in [0.25, 0.3) is 5.89 Å². The van der Waals surface area contributed by atoms with Gasteiger partial charge in [-0.3, -0.25) is 4.98 Å². The highest BCUT2D eigenvalue weighted by atomic mass is 16.5. The van der Waals surface area contributed by atoms with E-state index in [1.807, 2.05) is 38.1 Å². The quantitative estimate of drug-likeness (QED) is 0.489. The monoisotopic (exact) mass is 439 g/mol. The van der Waals surface area contributed by atoms with Gasteiger partial charge in [-0.25, -0.2) is 0 Å². The highest BCUT2D eigenvalue weighted by Gasteiger charge is 2.17. The average molecular weight is 440 g/mol. The van der Waals surface area contributed by atoms with Gasteiger partial charge in [0.15, 0.2) is 0 Å². The Hall–Kier alpha value is -2.77. The molecule has 0 bridgehead atoms. The zero-order valence-electron chi connectivity index (χ0n) is 19.6. The van der Waals surface area contributed by atoms with Crippen molar-refractivity contribution in [2.75, 3.05) is 19.8 Å². The predicted octanol–water partition coefficient (Wildman–Crippen LogP) is 4.16. The molecule has 0 unspecified atom stereocenters. The summed E-state index contributed by atoms with van der Waals surface area (Å²) in [5.41, 5.74) is 5.63. The summed E-state index contributed by atoms with van der Waals surface area (Å²) in [6, 6.07) is 7.95. The van der Waals surface area contributed by atoms with E-state index in [4.69, 9.17) is 9.26 Å². The lowest BCUT2D eigenvalue weighted by Gasteiger charge is -2.17. The first kappa shape index (κ1) is 23.9. The van der Waals surface area contributed by atoms with Crippen molar-refractivity contribution in [1.29, 1.82) is 0 Å². The van der Waals surface area contributed by atoms with E-state index in [-0.39, 0.29) is 25.7 Å². The third-order valence-corrected chi connectivity index (χ3v) is 5.27. The van der Waals surface area contributed by atoms with E-state index in [1.54, 1.807) is 0 Å². The van der Waals surface area contributed by atoms with Crippen LogP contribution in [0.2, 0.25) is 0 Å². The maximum atomic E-state index is 9.30. The summed E-state index contributed by atoms with van der Waals surface area (Å²) >= 11 is 0. The molecule has 172 valence electrons. The first-order chi connectivity index (χ1) is 15.3. The molecule has 2 heterocycles. The minimum atomic E-state index is -0.303. The Morgan fingerprint density at radius 1 is 1.00 bits per heavy atom. The lowest BCUT2D eigenvalue weighted by atomic mass is 10.0. The van der Waals surface area contributed by atoms with Gasteiger partial charge in [0.2, 0.25) is 5.82 Å². The van der Waals surface area contributed by atoms with Gasteiger partial charge < -0.3 is 19.5 Å². The highest BCUT2D eigenvalue weighted by molar-refractivity contribution is 5.64. The number of aromatic nitrogens is 3. The maximum Gasteiger partial charge on any atom is 0.258 e.